The second kappa shape index (κ2) is 8.14. The standard InChI is InChI=1S/C12H21ClO2/c1-14-8-9-15-7-3-5-11-4-2-6-12(13)10-11/h10,12H,2-9H2,1H3. The molecule has 1 atom stereocenters. The van der Waals surface area contributed by atoms with Gasteiger partial charge in [0.25, 0.3) is 0 Å². The van der Waals surface area contributed by atoms with Crippen LogP contribution in [0.5, 0.6) is 0 Å². The van der Waals surface area contributed by atoms with E-state index in [4.69, 9.17) is 21.1 Å². The van der Waals surface area contributed by atoms with Crippen LogP contribution in [-0.2, 0) is 9.47 Å². The number of hydrogen-bond acceptors (Lipinski definition) is 2. The summed E-state index contributed by atoms with van der Waals surface area (Å²) in [4.78, 5) is 0. The average molecular weight is 233 g/mol. The third-order valence-electron chi connectivity index (χ3n) is 2.61. The molecule has 1 rings (SSSR count). The van der Waals surface area contributed by atoms with Crippen molar-refractivity contribution < 1.29 is 9.47 Å². The van der Waals surface area contributed by atoms with Crippen LogP contribution < -0.4 is 0 Å². The Kier molecular flexibility index (Phi) is 7.07. The van der Waals surface area contributed by atoms with Crippen LogP contribution in [0.25, 0.3) is 0 Å². The second-order valence-corrected chi connectivity index (χ2v) is 4.50. The van der Waals surface area contributed by atoms with Gasteiger partial charge in [0.05, 0.1) is 18.6 Å². The van der Waals surface area contributed by atoms with Gasteiger partial charge in [0, 0.05) is 13.7 Å². The fourth-order valence-corrected chi connectivity index (χ4v) is 2.13. The quantitative estimate of drug-likeness (QED) is 0.382. The van der Waals surface area contributed by atoms with Gasteiger partial charge in [-0.25, -0.2) is 0 Å². The van der Waals surface area contributed by atoms with Crippen molar-refractivity contribution in [1.82, 2.24) is 0 Å². The number of ether oxygens (including phenoxy) is 2. The summed E-state index contributed by atoms with van der Waals surface area (Å²) in [5.41, 5.74) is 1.51. The van der Waals surface area contributed by atoms with Crippen LogP contribution in [0.4, 0.5) is 0 Å². The topological polar surface area (TPSA) is 18.5 Å². The number of methoxy groups -OCH3 is 1. The van der Waals surface area contributed by atoms with Crippen LogP contribution in [0, 0.1) is 0 Å². The molecule has 0 heterocycles. The zero-order valence-electron chi connectivity index (χ0n) is 9.51. The van der Waals surface area contributed by atoms with Gasteiger partial charge in [0.15, 0.2) is 0 Å². The molecule has 0 N–H and O–H groups in total. The van der Waals surface area contributed by atoms with E-state index < -0.39 is 0 Å². The van der Waals surface area contributed by atoms with Gasteiger partial charge >= 0.3 is 0 Å². The maximum absolute atomic E-state index is 6.07. The van der Waals surface area contributed by atoms with Crippen molar-refractivity contribution >= 4 is 11.6 Å². The number of halogens is 1. The summed E-state index contributed by atoms with van der Waals surface area (Å²) in [6.07, 6.45) is 8.05. The molecule has 0 radical (unpaired) electrons. The molecule has 0 bridgehead atoms. The summed E-state index contributed by atoms with van der Waals surface area (Å²) in [6.45, 7) is 2.22. The van der Waals surface area contributed by atoms with E-state index >= 15 is 0 Å². The molecule has 88 valence electrons. The van der Waals surface area contributed by atoms with Crippen molar-refractivity contribution in [3.05, 3.63) is 11.6 Å². The zero-order valence-corrected chi connectivity index (χ0v) is 10.3. The number of alkyl halides is 1. The maximum atomic E-state index is 6.07. The predicted molar refractivity (Wildman–Crippen MR) is 63.5 cm³/mol. The largest absolute Gasteiger partial charge is 0.382 e. The molecular formula is C12H21ClO2. The molecule has 0 amide bonds. The summed E-state index contributed by atoms with van der Waals surface area (Å²) >= 11 is 6.07. The lowest BCUT2D eigenvalue weighted by atomic mass is 9.96. The lowest BCUT2D eigenvalue weighted by Gasteiger charge is -2.16. The van der Waals surface area contributed by atoms with Crippen LogP contribution in [0.1, 0.15) is 32.1 Å². The highest BCUT2D eigenvalue weighted by atomic mass is 35.5. The fourth-order valence-electron chi connectivity index (χ4n) is 1.80. The first kappa shape index (κ1) is 13.0. The molecule has 0 aromatic heterocycles. The van der Waals surface area contributed by atoms with Gasteiger partial charge < -0.3 is 9.47 Å². The van der Waals surface area contributed by atoms with Crippen molar-refractivity contribution in [2.45, 2.75) is 37.5 Å². The van der Waals surface area contributed by atoms with Gasteiger partial charge in [-0.05, 0) is 32.1 Å². The Balaban J connectivity index is 1.99. The molecule has 1 unspecified atom stereocenters. The minimum atomic E-state index is 0.267. The Bertz CT molecular complexity index is 192. The van der Waals surface area contributed by atoms with Crippen molar-refractivity contribution in [3.63, 3.8) is 0 Å². The first-order valence-electron chi connectivity index (χ1n) is 5.73. The van der Waals surface area contributed by atoms with E-state index in [1.165, 1.54) is 18.4 Å². The normalized spacial score (nSPS) is 21.5. The predicted octanol–water partition coefficient (Wildman–Crippen LogP) is 3.15. The number of allylic oxidation sites excluding steroid dienone is 2. The van der Waals surface area contributed by atoms with E-state index in [-0.39, 0.29) is 5.38 Å². The van der Waals surface area contributed by atoms with E-state index in [1.54, 1.807) is 7.11 Å². The molecule has 0 aromatic carbocycles. The van der Waals surface area contributed by atoms with Gasteiger partial charge in [-0.2, -0.15) is 0 Å². The summed E-state index contributed by atoms with van der Waals surface area (Å²) in [5.74, 6) is 0. The van der Waals surface area contributed by atoms with Crippen molar-refractivity contribution in [2.24, 2.45) is 0 Å². The highest BCUT2D eigenvalue weighted by molar-refractivity contribution is 6.21. The fraction of sp³-hybridized carbons (Fsp3) is 0.833. The SMILES string of the molecule is COCCOCCCC1=CC(Cl)CCC1. The van der Waals surface area contributed by atoms with E-state index in [0.717, 1.165) is 25.9 Å². The lowest BCUT2D eigenvalue weighted by molar-refractivity contribution is 0.0694. The van der Waals surface area contributed by atoms with Gasteiger partial charge in [0.2, 0.25) is 0 Å². The molecule has 0 spiro atoms. The Morgan fingerprint density at radius 3 is 3.00 bits per heavy atom. The van der Waals surface area contributed by atoms with Crippen LogP contribution in [0.2, 0.25) is 0 Å². The highest BCUT2D eigenvalue weighted by Gasteiger charge is 2.10. The molecule has 3 heteroatoms. The monoisotopic (exact) mass is 232 g/mol. The molecule has 0 saturated heterocycles. The van der Waals surface area contributed by atoms with Crippen LogP contribution in [0.15, 0.2) is 11.6 Å². The summed E-state index contributed by atoms with van der Waals surface area (Å²) in [5, 5.41) is 0.267. The molecule has 0 aromatic rings. The minimum Gasteiger partial charge on any atom is -0.382 e. The summed E-state index contributed by atoms with van der Waals surface area (Å²) in [7, 11) is 1.69. The lowest BCUT2D eigenvalue weighted by Crippen LogP contribution is -2.06. The molecule has 1 aliphatic carbocycles. The second-order valence-electron chi connectivity index (χ2n) is 3.94. The van der Waals surface area contributed by atoms with Crippen LogP contribution in [-0.4, -0.2) is 32.3 Å². The first-order valence-corrected chi connectivity index (χ1v) is 6.17. The van der Waals surface area contributed by atoms with Gasteiger partial charge in [0.1, 0.15) is 0 Å². The molecule has 15 heavy (non-hydrogen) atoms. The molecule has 0 fully saturated rings. The van der Waals surface area contributed by atoms with Crippen molar-refractivity contribution in [1.29, 1.82) is 0 Å². The van der Waals surface area contributed by atoms with Crippen LogP contribution in [0.3, 0.4) is 0 Å². The number of rotatable bonds is 7. The van der Waals surface area contributed by atoms with E-state index in [2.05, 4.69) is 6.08 Å². The Morgan fingerprint density at radius 2 is 2.27 bits per heavy atom. The molecule has 0 aliphatic heterocycles. The van der Waals surface area contributed by atoms with Gasteiger partial charge in [-0.15, -0.1) is 11.6 Å². The third kappa shape index (κ3) is 6.18. The van der Waals surface area contributed by atoms with E-state index in [1.807, 2.05) is 0 Å². The Hall–Kier alpha value is -0.0500. The zero-order chi connectivity index (χ0) is 10.9. The Morgan fingerprint density at radius 1 is 1.40 bits per heavy atom. The maximum Gasteiger partial charge on any atom is 0.0700 e. The van der Waals surface area contributed by atoms with Gasteiger partial charge in [-0.3, -0.25) is 0 Å². The first-order chi connectivity index (χ1) is 7.33. The molecule has 0 saturated carbocycles. The van der Waals surface area contributed by atoms with Crippen LogP contribution >= 0.6 is 11.6 Å². The minimum absolute atomic E-state index is 0.267. The Labute approximate surface area is 97.6 Å². The molecule has 2 nitrogen and oxygen atoms in total. The van der Waals surface area contributed by atoms with E-state index in [0.29, 0.717) is 13.2 Å². The van der Waals surface area contributed by atoms with Gasteiger partial charge in [-0.1, -0.05) is 11.6 Å². The average Bonchev–Trinajstić information content (AvgIpc) is 2.23. The summed E-state index contributed by atoms with van der Waals surface area (Å²) in [6, 6.07) is 0. The highest BCUT2D eigenvalue weighted by Crippen LogP contribution is 2.24. The van der Waals surface area contributed by atoms with E-state index in [9.17, 15) is 0 Å². The molecular weight excluding hydrogens is 212 g/mol. The summed E-state index contributed by atoms with van der Waals surface area (Å²) < 4.78 is 10.3. The van der Waals surface area contributed by atoms with Crippen molar-refractivity contribution in [3.8, 4) is 0 Å². The third-order valence-corrected chi connectivity index (χ3v) is 2.96. The van der Waals surface area contributed by atoms with Crippen molar-refractivity contribution in [2.75, 3.05) is 26.9 Å². The number of hydrogen-bond donors (Lipinski definition) is 0. The molecule has 1 aliphatic rings. The smallest absolute Gasteiger partial charge is 0.0700 e.